The predicted octanol–water partition coefficient (Wildman–Crippen LogP) is 1.05. The van der Waals surface area contributed by atoms with Crippen LogP contribution in [0.15, 0.2) is 0 Å². The Bertz CT molecular complexity index is 482. The van der Waals surface area contributed by atoms with Crippen molar-refractivity contribution >= 4 is 21.7 Å². The van der Waals surface area contributed by atoms with E-state index in [1.54, 1.807) is 0 Å². The standard InChI is InChI=1S/C14H25NO5S/c1-4-5-8-15-13(17)11(2)21(18,19)10-14(6-7-14)9-12(16)20-3/h11H,4-10H2,1-3H3,(H,15,17). The van der Waals surface area contributed by atoms with Crippen LogP contribution in [0, 0.1) is 5.41 Å². The van der Waals surface area contributed by atoms with Gasteiger partial charge in [-0.15, -0.1) is 0 Å². The van der Waals surface area contributed by atoms with Crippen LogP contribution in [0.25, 0.3) is 0 Å². The summed E-state index contributed by atoms with van der Waals surface area (Å²) in [7, 11) is -2.28. The number of amides is 1. The third kappa shape index (κ3) is 5.30. The quantitative estimate of drug-likeness (QED) is 0.507. The largest absolute Gasteiger partial charge is 0.469 e. The molecule has 1 atom stereocenters. The Morgan fingerprint density at radius 1 is 1.33 bits per heavy atom. The van der Waals surface area contributed by atoms with Crippen LogP contribution in [0.4, 0.5) is 0 Å². The molecule has 0 radical (unpaired) electrons. The van der Waals surface area contributed by atoms with Gasteiger partial charge in [-0.3, -0.25) is 9.59 Å². The zero-order valence-electron chi connectivity index (χ0n) is 13.0. The van der Waals surface area contributed by atoms with E-state index < -0.39 is 32.4 Å². The van der Waals surface area contributed by atoms with Crippen LogP contribution in [0.5, 0.6) is 0 Å². The average molecular weight is 319 g/mol. The zero-order valence-corrected chi connectivity index (χ0v) is 13.8. The molecule has 0 aromatic rings. The van der Waals surface area contributed by atoms with E-state index in [-0.39, 0.29) is 12.2 Å². The molecule has 1 saturated carbocycles. The molecule has 6 nitrogen and oxygen atoms in total. The van der Waals surface area contributed by atoms with Crippen LogP contribution in [0.3, 0.4) is 0 Å². The van der Waals surface area contributed by atoms with Gasteiger partial charge in [-0.1, -0.05) is 13.3 Å². The molecule has 7 heteroatoms. The van der Waals surface area contributed by atoms with E-state index >= 15 is 0 Å². The number of carbonyl (C=O) groups is 2. The Hall–Kier alpha value is -1.11. The highest BCUT2D eigenvalue weighted by Gasteiger charge is 2.49. The molecule has 0 spiro atoms. The van der Waals surface area contributed by atoms with E-state index in [0.717, 1.165) is 12.8 Å². The van der Waals surface area contributed by atoms with Gasteiger partial charge >= 0.3 is 5.97 Å². The number of rotatable bonds is 9. The number of esters is 1. The second-order valence-electron chi connectivity index (χ2n) is 5.85. The molecular weight excluding hydrogens is 294 g/mol. The van der Waals surface area contributed by atoms with Crippen molar-refractivity contribution in [3.05, 3.63) is 0 Å². The first-order valence-corrected chi connectivity index (χ1v) is 9.04. The minimum absolute atomic E-state index is 0.104. The second-order valence-corrected chi connectivity index (χ2v) is 8.17. The summed E-state index contributed by atoms with van der Waals surface area (Å²) in [4.78, 5) is 23.2. The number of ether oxygens (including phenoxy) is 1. The van der Waals surface area contributed by atoms with Gasteiger partial charge in [-0.05, 0) is 31.6 Å². The maximum atomic E-state index is 12.3. The van der Waals surface area contributed by atoms with Gasteiger partial charge < -0.3 is 10.1 Å². The van der Waals surface area contributed by atoms with Crippen molar-refractivity contribution in [3.8, 4) is 0 Å². The molecule has 0 aromatic heterocycles. The van der Waals surface area contributed by atoms with Gasteiger partial charge in [0, 0.05) is 6.54 Å². The normalized spacial score (nSPS) is 17.9. The number of unbranched alkanes of at least 4 members (excludes halogenated alkanes) is 1. The van der Waals surface area contributed by atoms with E-state index in [4.69, 9.17) is 0 Å². The highest BCUT2D eigenvalue weighted by atomic mass is 32.2. The number of hydrogen-bond donors (Lipinski definition) is 1. The molecule has 0 heterocycles. The summed E-state index contributed by atoms with van der Waals surface area (Å²) in [6, 6.07) is 0. The Balaban J connectivity index is 2.60. The van der Waals surface area contributed by atoms with Gasteiger partial charge in [0.25, 0.3) is 0 Å². The maximum Gasteiger partial charge on any atom is 0.306 e. The van der Waals surface area contributed by atoms with E-state index in [2.05, 4.69) is 10.1 Å². The first-order chi connectivity index (χ1) is 9.76. The van der Waals surface area contributed by atoms with Crippen molar-refractivity contribution in [3.63, 3.8) is 0 Å². The van der Waals surface area contributed by atoms with Gasteiger partial charge in [0.2, 0.25) is 5.91 Å². The summed E-state index contributed by atoms with van der Waals surface area (Å²) in [5, 5.41) is 1.56. The van der Waals surface area contributed by atoms with E-state index in [0.29, 0.717) is 19.4 Å². The lowest BCUT2D eigenvalue weighted by molar-refractivity contribution is -0.141. The van der Waals surface area contributed by atoms with Gasteiger partial charge in [-0.2, -0.15) is 0 Å². The summed E-state index contributed by atoms with van der Waals surface area (Å²) < 4.78 is 29.2. The van der Waals surface area contributed by atoms with Crippen LogP contribution in [-0.4, -0.2) is 45.0 Å². The van der Waals surface area contributed by atoms with Crippen LogP contribution in [0.1, 0.15) is 46.0 Å². The monoisotopic (exact) mass is 319 g/mol. The van der Waals surface area contributed by atoms with E-state index in [1.807, 2.05) is 6.92 Å². The Labute approximate surface area is 126 Å². The number of methoxy groups -OCH3 is 1. The minimum atomic E-state index is -3.57. The van der Waals surface area contributed by atoms with Crippen LogP contribution >= 0.6 is 0 Å². The SMILES string of the molecule is CCCCNC(=O)C(C)S(=O)(=O)CC1(CC(=O)OC)CC1. The lowest BCUT2D eigenvalue weighted by Gasteiger charge is -2.18. The molecule has 1 rings (SSSR count). The zero-order chi connectivity index (χ0) is 16.1. The smallest absolute Gasteiger partial charge is 0.306 e. The lowest BCUT2D eigenvalue weighted by atomic mass is 10.1. The first kappa shape index (κ1) is 17.9. The predicted molar refractivity (Wildman–Crippen MR) is 79.5 cm³/mol. The first-order valence-electron chi connectivity index (χ1n) is 7.32. The summed E-state index contributed by atoms with van der Waals surface area (Å²) in [5.74, 6) is -0.989. The van der Waals surface area contributed by atoms with Gasteiger partial charge in [0.1, 0.15) is 5.25 Å². The molecule has 0 bridgehead atoms. The van der Waals surface area contributed by atoms with Crippen LogP contribution in [0.2, 0.25) is 0 Å². The van der Waals surface area contributed by atoms with Crippen LogP contribution < -0.4 is 5.32 Å². The Morgan fingerprint density at radius 3 is 2.43 bits per heavy atom. The molecule has 122 valence electrons. The number of sulfone groups is 1. The molecule has 1 N–H and O–H groups in total. The number of nitrogens with one attached hydrogen (secondary N) is 1. The van der Waals surface area contributed by atoms with E-state index in [1.165, 1.54) is 14.0 Å². The molecule has 21 heavy (non-hydrogen) atoms. The highest BCUT2D eigenvalue weighted by molar-refractivity contribution is 7.92. The van der Waals surface area contributed by atoms with Gasteiger partial charge in [0.15, 0.2) is 9.84 Å². The highest BCUT2D eigenvalue weighted by Crippen LogP contribution is 2.50. The van der Waals surface area contributed by atoms with Crippen molar-refractivity contribution < 1.29 is 22.7 Å². The fourth-order valence-corrected chi connectivity index (χ4v) is 4.08. The third-order valence-corrected chi connectivity index (χ3v) is 6.26. The van der Waals surface area contributed by atoms with E-state index in [9.17, 15) is 18.0 Å². The average Bonchev–Trinajstić information content (AvgIpc) is 3.16. The summed E-state index contributed by atoms with van der Waals surface area (Å²) in [6.45, 7) is 3.89. The molecular formula is C14H25NO5S. The number of hydrogen-bond acceptors (Lipinski definition) is 5. The second kappa shape index (κ2) is 7.24. The topological polar surface area (TPSA) is 89.5 Å². The lowest BCUT2D eigenvalue weighted by Crippen LogP contribution is -2.40. The van der Waals surface area contributed by atoms with Crippen molar-refractivity contribution in [1.82, 2.24) is 5.32 Å². The molecule has 1 aliphatic carbocycles. The van der Waals surface area contributed by atoms with Crippen LogP contribution in [-0.2, 0) is 24.2 Å². The minimum Gasteiger partial charge on any atom is -0.469 e. The number of carbonyl (C=O) groups excluding carboxylic acids is 2. The van der Waals surface area contributed by atoms with Crippen molar-refractivity contribution in [1.29, 1.82) is 0 Å². The Kier molecular flexibility index (Phi) is 6.19. The molecule has 0 aliphatic heterocycles. The third-order valence-electron chi connectivity index (χ3n) is 3.95. The molecule has 1 unspecified atom stereocenters. The fraction of sp³-hybridized carbons (Fsp3) is 0.857. The fourth-order valence-electron chi connectivity index (χ4n) is 2.17. The molecule has 1 amide bonds. The van der Waals surface area contributed by atoms with Crippen molar-refractivity contribution in [2.75, 3.05) is 19.4 Å². The molecule has 0 aromatic carbocycles. The maximum absolute atomic E-state index is 12.3. The molecule has 1 fully saturated rings. The summed E-state index contributed by atoms with van der Waals surface area (Å²) in [6.07, 6.45) is 3.23. The van der Waals surface area contributed by atoms with Crippen molar-refractivity contribution in [2.24, 2.45) is 5.41 Å². The van der Waals surface area contributed by atoms with Gasteiger partial charge in [0.05, 0.1) is 19.3 Å². The summed E-state index contributed by atoms with van der Waals surface area (Å²) >= 11 is 0. The summed E-state index contributed by atoms with van der Waals surface area (Å²) in [5.41, 5.74) is -0.524. The molecule has 1 aliphatic rings. The van der Waals surface area contributed by atoms with Crippen molar-refractivity contribution in [2.45, 2.75) is 51.2 Å². The van der Waals surface area contributed by atoms with Gasteiger partial charge in [-0.25, -0.2) is 8.42 Å². The molecule has 0 saturated heterocycles. The Morgan fingerprint density at radius 2 is 1.95 bits per heavy atom.